The number of nitrogens with zero attached hydrogens (tertiary/aromatic N) is 1. The highest BCUT2D eigenvalue weighted by atomic mass is 16.5. The summed E-state index contributed by atoms with van der Waals surface area (Å²) in [7, 11) is 0. The van der Waals surface area contributed by atoms with Gasteiger partial charge in [0.05, 0.1) is 18.8 Å². The molecular formula is C14H22N2O5. The van der Waals surface area contributed by atoms with Crippen LogP contribution in [-0.2, 0) is 14.3 Å². The molecule has 1 heterocycles. The second-order valence-electron chi connectivity index (χ2n) is 5.56. The van der Waals surface area contributed by atoms with E-state index in [1.165, 1.54) is 0 Å². The lowest BCUT2D eigenvalue weighted by atomic mass is 9.90. The quantitative estimate of drug-likeness (QED) is 0.811. The molecule has 2 rings (SSSR count). The maximum atomic E-state index is 12.2. The first-order valence-corrected chi connectivity index (χ1v) is 7.52. The Bertz CT molecular complexity index is 410. The van der Waals surface area contributed by atoms with Crippen LogP contribution in [-0.4, -0.2) is 53.2 Å². The molecular weight excluding hydrogens is 276 g/mol. The van der Waals surface area contributed by atoms with Gasteiger partial charge in [-0.05, 0) is 19.3 Å². The Morgan fingerprint density at radius 1 is 1.19 bits per heavy atom. The van der Waals surface area contributed by atoms with E-state index in [1.54, 1.807) is 4.90 Å². The van der Waals surface area contributed by atoms with Crippen LogP contribution in [0.5, 0.6) is 0 Å². The summed E-state index contributed by atoms with van der Waals surface area (Å²) in [6.07, 6.45) is 4.36. The molecule has 2 aliphatic rings. The number of carbonyl (C=O) groups is 3. The zero-order valence-corrected chi connectivity index (χ0v) is 12.0. The summed E-state index contributed by atoms with van der Waals surface area (Å²) in [6.45, 7) is 0.997. The van der Waals surface area contributed by atoms with Crippen molar-refractivity contribution in [2.45, 2.75) is 57.1 Å². The third-order valence-electron chi connectivity index (χ3n) is 4.03. The van der Waals surface area contributed by atoms with Crippen molar-refractivity contribution in [1.29, 1.82) is 0 Å². The Hall–Kier alpha value is -1.63. The lowest BCUT2D eigenvalue weighted by molar-refractivity contribution is -0.137. The van der Waals surface area contributed by atoms with E-state index in [-0.39, 0.29) is 37.4 Å². The van der Waals surface area contributed by atoms with E-state index >= 15 is 0 Å². The van der Waals surface area contributed by atoms with Crippen molar-refractivity contribution >= 4 is 17.9 Å². The van der Waals surface area contributed by atoms with E-state index in [9.17, 15) is 14.4 Å². The van der Waals surface area contributed by atoms with Crippen LogP contribution in [0.15, 0.2) is 0 Å². The Balaban J connectivity index is 1.81. The summed E-state index contributed by atoms with van der Waals surface area (Å²) in [6, 6.07) is -0.324. The molecule has 0 aromatic rings. The normalized spacial score (nSPS) is 25.0. The van der Waals surface area contributed by atoms with Gasteiger partial charge in [-0.25, -0.2) is 4.79 Å². The minimum absolute atomic E-state index is 0.0521. The summed E-state index contributed by atoms with van der Waals surface area (Å²) < 4.78 is 5.69. The van der Waals surface area contributed by atoms with E-state index < -0.39 is 11.9 Å². The molecule has 0 aromatic heterocycles. The Kier molecular flexibility index (Phi) is 5.55. The van der Waals surface area contributed by atoms with Gasteiger partial charge in [0.1, 0.15) is 0 Å². The molecule has 1 saturated carbocycles. The second kappa shape index (κ2) is 7.40. The summed E-state index contributed by atoms with van der Waals surface area (Å²) in [4.78, 5) is 35.9. The molecule has 2 N–H and O–H groups in total. The number of carbonyl (C=O) groups excluding carboxylic acids is 2. The van der Waals surface area contributed by atoms with Crippen LogP contribution < -0.4 is 5.32 Å². The number of hydrogen-bond acceptors (Lipinski definition) is 4. The summed E-state index contributed by atoms with van der Waals surface area (Å²) in [5, 5.41) is 10.9. The van der Waals surface area contributed by atoms with E-state index in [1.807, 2.05) is 0 Å². The van der Waals surface area contributed by atoms with Crippen molar-refractivity contribution < 1.29 is 24.2 Å². The van der Waals surface area contributed by atoms with Crippen molar-refractivity contribution in [3.63, 3.8) is 0 Å². The first kappa shape index (κ1) is 15.8. The van der Waals surface area contributed by atoms with E-state index in [0.717, 1.165) is 25.7 Å². The molecule has 0 radical (unpaired) electrons. The van der Waals surface area contributed by atoms with Gasteiger partial charge in [-0.15, -0.1) is 0 Å². The van der Waals surface area contributed by atoms with E-state index in [2.05, 4.69) is 5.32 Å². The smallest absolute Gasteiger partial charge is 0.324 e. The number of morpholine rings is 1. The van der Waals surface area contributed by atoms with Gasteiger partial charge in [0, 0.05) is 19.4 Å². The fourth-order valence-corrected chi connectivity index (χ4v) is 3.00. The number of carboxylic acids is 1. The Morgan fingerprint density at radius 3 is 2.71 bits per heavy atom. The van der Waals surface area contributed by atoms with Gasteiger partial charge >= 0.3 is 12.0 Å². The van der Waals surface area contributed by atoms with Gasteiger partial charge in [-0.3, -0.25) is 14.9 Å². The zero-order valence-electron chi connectivity index (χ0n) is 12.0. The average Bonchev–Trinajstić information content (AvgIpc) is 2.46. The van der Waals surface area contributed by atoms with Gasteiger partial charge in [-0.2, -0.15) is 0 Å². The Morgan fingerprint density at radius 2 is 1.95 bits per heavy atom. The summed E-state index contributed by atoms with van der Waals surface area (Å²) >= 11 is 0. The van der Waals surface area contributed by atoms with Crippen molar-refractivity contribution in [1.82, 2.24) is 10.2 Å². The lowest BCUT2D eigenvalue weighted by Gasteiger charge is -2.43. The van der Waals surface area contributed by atoms with Crippen molar-refractivity contribution in [3.05, 3.63) is 0 Å². The predicted molar refractivity (Wildman–Crippen MR) is 73.7 cm³/mol. The number of nitrogens with one attached hydrogen (secondary N) is 1. The van der Waals surface area contributed by atoms with Crippen LogP contribution in [0.25, 0.3) is 0 Å². The van der Waals surface area contributed by atoms with Crippen molar-refractivity contribution in [2.75, 3.05) is 13.2 Å². The number of imide groups is 1. The molecule has 2 unspecified atom stereocenters. The highest BCUT2D eigenvalue weighted by molar-refractivity contribution is 5.94. The maximum Gasteiger partial charge on any atom is 0.324 e. The average molecular weight is 298 g/mol. The topological polar surface area (TPSA) is 95.9 Å². The molecule has 7 heteroatoms. The van der Waals surface area contributed by atoms with Crippen LogP contribution in [0.4, 0.5) is 4.79 Å². The fraction of sp³-hybridized carbons (Fsp3) is 0.786. The van der Waals surface area contributed by atoms with Gasteiger partial charge in [0.15, 0.2) is 0 Å². The number of hydrogen-bond donors (Lipinski definition) is 2. The number of ether oxygens (including phenoxy) is 1. The van der Waals surface area contributed by atoms with Gasteiger partial charge in [0.25, 0.3) is 0 Å². The molecule has 0 spiro atoms. The molecule has 1 aliphatic carbocycles. The molecule has 118 valence electrons. The molecule has 2 atom stereocenters. The minimum Gasteiger partial charge on any atom is -0.481 e. The third-order valence-corrected chi connectivity index (χ3v) is 4.03. The fourth-order valence-electron chi connectivity index (χ4n) is 3.00. The summed E-state index contributed by atoms with van der Waals surface area (Å²) in [5.41, 5.74) is 0. The zero-order chi connectivity index (χ0) is 15.2. The minimum atomic E-state index is -0.938. The third kappa shape index (κ3) is 4.42. The first-order chi connectivity index (χ1) is 10.1. The van der Waals surface area contributed by atoms with Crippen LogP contribution in [0, 0.1) is 0 Å². The van der Waals surface area contributed by atoms with Gasteiger partial charge in [-0.1, -0.05) is 12.8 Å². The molecule has 7 nitrogen and oxygen atoms in total. The number of rotatable bonds is 4. The summed E-state index contributed by atoms with van der Waals surface area (Å²) in [5.74, 6) is -1.35. The molecule has 3 amide bonds. The van der Waals surface area contributed by atoms with E-state index in [4.69, 9.17) is 9.84 Å². The number of fused-ring (bicyclic) bond motifs is 1. The van der Waals surface area contributed by atoms with Crippen LogP contribution in [0.2, 0.25) is 0 Å². The molecule has 2 fully saturated rings. The lowest BCUT2D eigenvalue weighted by Crippen LogP contribution is -2.58. The number of carboxylic acid groups (broad SMARTS) is 1. The van der Waals surface area contributed by atoms with E-state index in [0.29, 0.717) is 13.2 Å². The van der Waals surface area contributed by atoms with Crippen LogP contribution >= 0.6 is 0 Å². The molecule has 1 aliphatic heterocycles. The highest BCUT2D eigenvalue weighted by Crippen LogP contribution is 2.28. The SMILES string of the molecule is O=C(O)CCCC(=O)NC(=O)N1CCOC2CCCCC21. The Labute approximate surface area is 123 Å². The van der Waals surface area contributed by atoms with Crippen LogP contribution in [0.1, 0.15) is 44.9 Å². The number of urea groups is 1. The number of aliphatic carboxylic acids is 1. The maximum absolute atomic E-state index is 12.2. The molecule has 0 aromatic carbocycles. The first-order valence-electron chi connectivity index (χ1n) is 7.52. The highest BCUT2D eigenvalue weighted by Gasteiger charge is 2.36. The van der Waals surface area contributed by atoms with Crippen LogP contribution in [0.3, 0.4) is 0 Å². The number of amides is 3. The monoisotopic (exact) mass is 298 g/mol. The van der Waals surface area contributed by atoms with Crippen molar-refractivity contribution in [2.24, 2.45) is 0 Å². The van der Waals surface area contributed by atoms with Gasteiger partial charge in [0.2, 0.25) is 5.91 Å². The van der Waals surface area contributed by atoms with Crippen molar-refractivity contribution in [3.8, 4) is 0 Å². The molecule has 0 bridgehead atoms. The predicted octanol–water partition coefficient (Wildman–Crippen LogP) is 1.12. The molecule has 21 heavy (non-hydrogen) atoms. The molecule has 1 saturated heterocycles. The largest absolute Gasteiger partial charge is 0.481 e. The second-order valence-corrected chi connectivity index (χ2v) is 5.56. The van der Waals surface area contributed by atoms with Gasteiger partial charge < -0.3 is 14.7 Å². The standard InChI is InChI=1S/C14H22N2O5/c17-12(6-3-7-13(18)19)15-14(20)16-8-9-21-11-5-2-1-4-10(11)16/h10-11H,1-9H2,(H,18,19)(H,15,17,20).